The lowest BCUT2D eigenvalue weighted by Gasteiger charge is -2.37. The second kappa shape index (κ2) is 11.2. The van der Waals surface area contributed by atoms with Gasteiger partial charge >= 0.3 is 0 Å². The van der Waals surface area contributed by atoms with Gasteiger partial charge in [0.05, 0.1) is 12.9 Å². The van der Waals surface area contributed by atoms with Gasteiger partial charge in [-0.2, -0.15) is 0 Å². The van der Waals surface area contributed by atoms with Gasteiger partial charge in [0.2, 0.25) is 5.11 Å². The molecule has 3 rings (SSSR count). The summed E-state index contributed by atoms with van der Waals surface area (Å²) in [6, 6.07) is 7.27. The van der Waals surface area contributed by atoms with Gasteiger partial charge < -0.3 is 15.4 Å². The number of aliphatic imine (C=N–C) groups is 1. The van der Waals surface area contributed by atoms with Gasteiger partial charge in [0.1, 0.15) is 16.5 Å². The number of hydrogen-bond acceptors (Lipinski definition) is 5. The van der Waals surface area contributed by atoms with Crippen molar-refractivity contribution in [2.45, 2.75) is 23.8 Å². The number of hydrogen-bond donors (Lipinski definition) is 2. The molecule has 190 valence electrons. The summed E-state index contributed by atoms with van der Waals surface area (Å²) in [4.78, 5) is 4.44. The zero-order chi connectivity index (χ0) is 25.8. The molecule has 35 heavy (non-hydrogen) atoms. The Morgan fingerprint density at radius 2 is 1.94 bits per heavy atom. The molecule has 2 atom stereocenters. The van der Waals surface area contributed by atoms with Gasteiger partial charge in [-0.3, -0.25) is 4.72 Å². The zero-order valence-electron chi connectivity index (χ0n) is 19.0. The summed E-state index contributed by atoms with van der Waals surface area (Å²) >= 11 is 4.67. The Hall–Kier alpha value is -2.96. The van der Waals surface area contributed by atoms with E-state index in [0.717, 1.165) is 30.3 Å². The summed E-state index contributed by atoms with van der Waals surface area (Å²) in [6.07, 6.45) is 4.41. The molecular formula is C23H27F3N4O3S2. The SMILES string of the molecule is CN(C)C1CCC=C(c2ccc(F)cc2)C1COc1cc(F)c(S(=O)(=O)NC(=S)/N=C\N)cc1F.[HH]. The Bertz CT molecular complexity index is 1260. The number of nitrogens with zero attached hydrogens (tertiary/aromatic N) is 2. The van der Waals surface area contributed by atoms with Crippen LogP contribution >= 0.6 is 12.2 Å². The summed E-state index contributed by atoms with van der Waals surface area (Å²) in [7, 11) is -0.705. The third-order valence-corrected chi connectivity index (χ3v) is 7.33. The molecule has 0 aromatic heterocycles. The largest absolute Gasteiger partial charge is 0.490 e. The molecule has 2 aromatic rings. The van der Waals surface area contributed by atoms with Crippen molar-refractivity contribution in [1.29, 1.82) is 0 Å². The maximum absolute atomic E-state index is 14.8. The van der Waals surface area contributed by atoms with Crippen LogP contribution in [0.25, 0.3) is 5.57 Å². The van der Waals surface area contributed by atoms with Gasteiger partial charge in [0.25, 0.3) is 10.0 Å². The predicted octanol–water partition coefficient (Wildman–Crippen LogP) is 3.70. The lowest BCUT2D eigenvalue weighted by atomic mass is 9.80. The van der Waals surface area contributed by atoms with Gasteiger partial charge in [-0.1, -0.05) is 18.2 Å². The summed E-state index contributed by atoms with van der Waals surface area (Å²) < 4.78 is 75.1. The number of sulfonamides is 1. The number of nitrogens with two attached hydrogens (primary N) is 1. The van der Waals surface area contributed by atoms with E-state index in [2.05, 4.69) is 17.2 Å². The number of thiocarbonyl (C=S) groups is 1. The second-order valence-electron chi connectivity index (χ2n) is 8.09. The first-order valence-corrected chi connectivity index (χ1v) is 12.5. The average Bonchev–Trinajstić information content (AvgIpc) is 2.79. The minimum atomic E-state index is -4.53. The maximum atomic E-state index is 14.8. The van der Waals surface area contributed by atoms with Crippen molar-refractivity contribution in [3.8, 4) is 5.75 Å². The normalized spacial score (nSPS) is 18.5. The summed E-state index contributed by atoms with van der Waals surface area (Å²) in [5.41, 5.74) is 6.77. The highest BCUT2D eigenvalue weighted by Crippen LogP contribution is 2.36. The van der Waals surface area contributed by atoms with Crippen LogP contribution in [0.3, 0.4) is 0 Å². The number of allylic oxidation sites excluding steroid dienone is 1. The summed E-state index contributed by atoms with van der Waals surface area (Å²) in [6.45, 7) is -0.0118. The quantitative estimate of drug-likeness (QED) is 0.323. The third-order valence-electron chi connectivity index (χ3n) is 5.64. The number of rotatable bonds is 7. The van der Waals surface area contributed by atoms with E-state index in [4.69, 9.17) is 10.5 Å². The molecule has 12 heteroatoms. The maximum Gasteiger partial charge on any atom is 0.266 e. The van der Waals surface area contributed by atoms with E-state index in [1.165, 1.54) is 12.1 Å². The molecule has 7 nitrogen and oxygen atoms in total. The van der Waals surface area contributed by atoms with E-state index in [-0.39, 0.29) is 25.8 Å². The van der Waals surface area contributed by atoms with E-state index in [0.29, 0.717) is 12.1 Å². The lowest BCUT2D eigenvalue weighted by molar-refractivity contribution is 0.164. The van der Waals surface area contributed by atoms with Crippen LogP contribution in [0.2, 0.25) is 0 Å². The summed E-state index contributed by atoms with van der Waals surface area (Å²) in [5.74, 6) is -3.33. The Labute approximate surface area is 209 Å². The van der Waals surface area contributed by atoms with E-state index in [1.807, 2.05) is 29.8 Å². The minimum Gasteiger partial charge on any atom is -0.490 e. The van der Waals surface area contributed by atoms with Crippen molar-refractivity contribution in [1.82, 2.24) is 9.62 Å². The van der Waals surface area contributed by atoms with Crippen LogP contribution in [0.1, 0.15) is 19.8 Å². The van der Waals surface area contributed by atoms with Crippen LogP contribution < -0.4 is 15.2 Å². The van der Waals surface area contributed by atoms with Gasteiger partial charge in [-0.05, 0) is 62.4 Å². The first-order chi connectivity index (χ1) is 16.5. The molecule has 0 fully saturated rings. The van der Waals surface area contributed by atoms with Gasteiger partial charge in [0.15, 0.2) is 11.6 Å². The van der Waals surface area contributed by atoms with Crippen molar-refractivity contribution in [2.24, 2.45) is 16.6 Å². The second-order valence-corrected chi connectivity index (χ2v) is 10.1. The van der Waals surface area contributed by atoms with Crippen LogP contribution in [0.4, 0.5) is 13.2 Å². The number of benzene rings is 2. The predicted molar refractivity (Wildman–Crippen MR) is 134 cm³/mol. The van der Waals surface area contributed by atoms with E-state index in [1.54, 1.807) is 12.1 Å². The van der Waals surface area contributed by atoms with Crippen LogP contribution in [0.15, 0.2) is 52.4 Å². The average molecular weight is 529 g/mol. The topological polar surface area (TPSA) is 97.0 Å². The Morgan fingerprint density at radius 3 is 2.57 bits per heavy atom. The van der Waals surface area contributed by atoms with Crippen LogP contribution in [-0.2, 0) is 10.0 Å². The fraction of sp³-hybridized carbons (Fsp3) is 0.304. The van der Waals surface area contributed by atoms with Gasteiger partial charge in [-0.15, -0.1) is 0 Å². The smallest absolute Gasteiger partial charge is 0.266 e. The summed E-state index contributed by atoms with van der Waals surface area (Å²) in [5, 5.41) is -0.528. The minimum absolute atomic E-state index is 0. The van der Waals surface area contributed by atoms with Crippen molar-refractivity contribution >= 4 is 39.3 Å². The standard InChI is InChI=1S/C23H25F3N4O3S2.H2/c1-30(2)20-5-3-4-16(14-6-8-15(24)9-7-14)17(20)12-33-21-10-19(26)22(11-18(21)25)35(31,32)29-23(34)28-13-27;/h4,6-11,13,17,20H,3,5,12H2,1-2H3,(H3,27,28,29,34);1H. The molecule has 0 saturated carbocycles. The molecule has 2 unspecified atom stereocenters. The Morgan fingerprint density at radius 1 is 1.26 bits per heavy atom. The fourth-order valence-electron chi connectivity index (χ4n) is 4.03. The Balaban J connectivity index is 0.00000456. The lowest BCUT2D eigenvalue weighted by Crippen LogP contribution is -2.40. The molecule has 0 heterocycles. The molecule has 0 amide bonds. The first kappa shape index (κ1) is 26.6. The van der Waals surface area contributed by atoms with E-state index in [9.17, 15) is 21.6 Å². The fourth-order valence-corrected chi connectivity index (χ4v) is 5.39. The molecular weight excluding hydrogens is 501 g/mol. The molecule has 1 aliphatic rings. The van der Waals surface area contributed by atoms with Crippen LogP contribution in [0.5, 0.6) is 5.75 Å². The van der Waals surface area contributed by atoms with Crippen molar-refractivity contribution in [2.75, 3.05) is 20.7 Å². The molecule has 0 radical (unpaired) electrons. The molecule has 2 aromatic carbocycles. The molecule has 1 aliphatic carbocycles. The van der Waals surface area contributed by atoms with Gasteiger partial charge in [0, 0.05) is 25.5 Å². The molecule has 0 aliphatic heterocycles. The van der Waals surface area contributed by atoms with Crippen molar-refractivity contribution in [3.63, 3.8) is 0 Å². The highest BCUT2D eigenvalue weighted by molar-refractivity contribution is 7.91. The molecule has 0 spiro atoms. The molecule has 0 bridgehead atoms. The number of nitrogens with one attached hydrogen (secondary N) is 1. The zero-order valence-corrected chi connectivity index (χ0v) is 20.7. The highest BCUT2D eigenvalue weighted by Gasteiger charge is 2.32. The van der Waals surface area contributed by atoms with Gasteiger partial charge in [-0.25, -0.2) is 26.6 Å². The van der Waals surface area contributed by atoms with Crippen LogP contribution in [0, 0.1) is 23.4 Å². The Kier molecular flexibility index (Phi) is 8.51. The highest BCUT2D eigenvalue weighted by atomic mass is 32.2. The van der Waals surface area contributed by atoms with Crippen molar-refractivity contribution < 1.29 is 27.8 Å². The number of halogens is 3. The molecule has 3 N–H and O–H groups in total. The van der Waals surface area contributed by atoms with E-state index < -0.39 is 37.4 Å². The van der Waals surface area contributed by atoms with Crippen LogP contribution in [-0.4, -0.2) is 51.5 Å². The van der Waals surface area contributed by atoms with E-state index >= 15 is 0 Å². The monoisotopic (exact) mass is 528 g/mol. The first-order valence-electron chi connectivity index (χ1n) is 10.6. The third kappa shape index (κ3) is 6.38. The number of ether oxygens (including phenoxy) is 1. The molecule has 0 saturated heterocycles. The van der Waals surface area contributed by atoms with Crippen molar-refractivity contribution in [3.05, 3.63) is 65.5 Å².